The molecule has 7 heteroatoms. The van der Waals surface area contributed by atoms with E-state index in [2.05, 4.69) is 10.3 Å². The van der Waals surface area contributed by atoms with Crippen LogP contribution in [0.15, 0.2) is 48.5 Å². The Hall–Kier alpha value is -2.77. The van der Waals surface area contributed by atoms with E-state index in [1.54, 1.807) is 0 Å². The molecule has 0 aliphatic carbocycles. The van der Waals surface area contributed by atoms with Crippen LogP contribution in [0.25, 0.3) is 10.2 Å². The van der Waals surface area contributed by atoms with Crippen molar-refractivity contribution in [3.63, 3.8) is 0 Å². The molecule has 0 unspecified atom stereocenters. The number of fused-ring (bicyclic) bond motifs is 1. The van der Waals surface area contributed by atoms with Crippen LogP contribution in [0.2, 0.25) is 0 Å². The molecule has 0 fully saturated rings. The molecule has 28 heavy (non-hydrogen) atoms. The lowest BCUT2D eigenvalue weighted by atomic mass is 10.1. The van der Waals surface area contributed by atoms with Gasteiger partial charge in [-0.3, -0.25) is 4.79 Å². The summed E-state index contributed by atoms with van der Waals surface area (Å²) in [4.78, 5) is 28.4. The Morgan fingerprint density at radius 1 is 1.14 bits per heavy atom. The van der Waals surface area contributed by atoms with Crippen LogP contribution in [0.1, 0.15) is 23.1 Å². The number of hydrogen-bond donors (Lipinski definition) is 1. The fraction of sp³-hybridized carbons (Fsp3) is 0.286. The molecular formula is C21H22N2O4S. The molecule has 0 saturated heterocycles. The number of carbonyl (C=O) groups excluding carboxylic acids is 2. The predicted molar refractivity (Wildman–Crippen MR) is 108 cm³/mol. The molecule has 2 aromatic carbocycles. The van der Waals surface area contributed by atoms with Crippen LogP contribution in [0.4, 0.5) is 0 Å². The van der Waals surface area contributed by atoms with Crippen LogP contribution in [-0.4, -0.2) is 29.6 Å². The lowest BCUT2D eigenvalue weighted by molar-refractivity contribution is -0.159. The second kappa shape index (κ2) is 9.43. The van der Waals surface area contributed by atoms with Gasteiger partial charge in [0.1, 0.15) is 11.6 Å². The molecule has 0 saturated carbocycles. The third-order valence-corrected chi connectivity index (χ3v) is 5.06. The first-order valence-corrected chi connectivity index (χ1v) is 9.78. The summed E-state index contributed by atoms with van der Waals surface area (Å²) < 4.78 is 11.6. The quantitative estimate of drug-likeness (QED) is 0.589. The second-order valence-electron chi connectivity index (χ2n) is 6.40. The molecule has 0 aliphatic heterocycles. The van der Waals surface area contributed by atoms with Gasteiger partial charge in [-0.15, -0.1) is 11.3 Å². The van der Waals surface area contributed by atoms with E-state index >= 15 is 0 Å². The van der Waals surface area contributed by atoms with E-state index in [0.29, 0.717) is 6.54 Å². The lowest BCUT2D eigenvalue weighted by Gasteiger charge is -2.13. The van der Waals surface area contributed by atoms with E-state index in [-0.39, 0.29) is 19.1 Å². The number of nitrogens with one attached hydrogen (secondary N) is 1. The highest BCUT2D eigenvalue weighted by Gasteiger charge is 2.17. The van der Waals surface area contributed by atoms with Gasteiger partial charge >= 0.3 is 5.97 Å². The summed E-state index contributed by atoms with van der Waals surface area (Å²) in [5.74, 6) is -0.931. The monoisotopic (exact) mass is 398 g/mol. The number of ether oxygens (including phenoxy) is 2. The van der Waals surface area contributed by atoms with Gasteiger partial charge in [0.2, 0.25) is 0 Å². The lowest BCUT2D eigenvalue weighted by Crippen LogP contribution is -2.36. The first-order valence-electron chi connectivity index (χ1n) is 8.96. The number of aromatic nitrogens is 1. The molecule has 0 spiro atoms. The standard InChI is InChI=1S/C21H22N2O4S/c1-14-7-9-16(10-8-14)11-22-21(25)15(2)27-20(24)13-26-12-19-23-17-5-3-4-6-18(17)28-19/h3-10,15H,11-13H2,1-2H3,(H,22,25)/t15-/m0/s1. The van der Waals surface area contributed by atoms with Crippen molar-refractivity contribution >= 4 is 33.4 Å². The molecule has 0 radical (unpaired) electrons. The maximum Gasteiger partial charge on any atom is 0.332 e. The van der Waals surface area contributed by atoms with Crippen LogP contribution in [0, 0.1) is 6.92 Å². The number of thiazole rings is 1. The zero-order valence-corrected chi connectivity index (χ0v) is 16.6. The highest BCUT2D eigenvalue weighted by Crippen LogP contribution is 2.21. The van der Waals surface area contributed by atoms with E-state index in [4.69, 9.17) is 9.47 Å². The largest absolute Gasteiger partial charge is 0.451 e. The van der Waals surface area contributed by atoms with Gasteiger partial charge < -0.3 is 14.8 Å². The van der Waals surface area contributed by atoms with E-state index in [1.807, 2.05) is 55.5 Å². The Balaban J connectivity index is 1.38. The van der Waals surface area contributed by atoms with Gasteiger partial charge in [-0.25, -0.2) is 9.78 Å². The van der Waals surface area contributed by atoms with Gasteiger partial charge in [-0.05, 0) is 31.5 Å². The van der Waals surface area contributed by atoms with Gasteiger partial charge in [0, 0.05) is 6.54 Å². The van der Waals surface area contributed by atoms with Crippen LogP contribution in [0.3, 0.4) is 0 Å². The summed E-state index contributed by atoms with van der Waals surface area (Å²) >= 11 is 1.52. The second-order valence-corrected chi connectivity index (χ2v) is 7.52. The number of benzene rings is 2. The van der Waals surface area contributed by atoms with Gasteiger partial charge in [-0.2, -0.15) is 0 Å². The van der Waals surface area contributed by atoms with Gasteiger partial charge in [0.15, 0.2) is 6.10 Å². The molecule has 1 N–H and O–H groups in total. The van der Waals surface area contributed by atoms with Crippen molar-refractivity contribution in [1.82, 2.24) is 10.3 Å². The molecule has 146 valence electrons. The number of aryl methyl sites for hydroxylation is 1. The van der Waals surface area contributed by atoms with Gasteiger partial charge in [0.05, 0.1) is 16.8 Å². The Labute approximate surface area is 167 Å². The zero-order chi connectivity index (χ0) is 19.9. The van der Waals surface area contributed by atoms with E-state index < -0.39 is 12.1 Å². The zero-order valence-electron chi connectivity index (χ0n) is 15.8. The molecule has 3 rings (SSSR count). The van der Waals surface area contributed by atoms with Gasteiger partial charge in [-0.1, -0.05) is 42.0 Å². The molecule has 0 bridgehead atoms. The van der Waals surface area contributed by atoms with E-state index in [1.165, 1.54) is 18.3 Å². The van der Waals surface area contributed by atoms with E-state index in [0.717, 1.165) is 26.4 Å². The first-order chi connectivity index (χ1) is 13.5. The number of amides is 1. The molecule has 0 aliphatic rings. The van der Waals surface area contributed by atoms with Crippen molar-refractivity contribution in [2.75, 3.05) is 6.61 Å². The van der Waals surface area contributed by atoms with Crippen LogP contribution < -0.4 is 5.32 Å². The summed E-state index contributed by atoms with van der Waals surface area (Å²) in [7, 11) is 0. The number of rotatable bonds is 8. The SMILES string of the molecule is Cc1ccc(CNC(=O)[C@H](C)OC(=O)COCc2nc3ccccc3s2)cc1. The fourth-order valence-electron chi connectivity index (χ4n) is 2.53. The Bertz CT molecular complexity index is 919. The van der Waals surface area contributed by atoms with Crippen molar-refractivity contribution in [2.45, 2.75) is 33.1 Å². The normalized spacial score (nSPS) is 11.9. The minimum Gasteiger partial charge on any atom is -0.451 e. The number of nitrogens with zero attached hydrogens (tertiary/aromatic N) is 1. The molecule has 1 amide bonds. The average molecular weight is 398 g/mol. The highest BCUT2D eigenvalue weighted by atomic mass is 32.1. The third-order valence-electron chi connectivity index (χ3n) is 4.05. The van der Waals surface area contributed by atoms with Crippen LogP contribution >= 0.6 is 11.3 Å². The summed E-state index contributed by atoms with van der Waals surface area (Å²) in [6.45, 7) is 3.92. The Kier molecular flexibility index (Phi) is 6.73. The van der Waals surface area contributed by atoms with Crippen molar-refractivity contribution in [3.05, 3.63) is 64.7 Å². The van der Waals surface area contributed by atoms with Crippen molar-refractivity contribution in [2.24, 2.45) is 0 Å². The minimum absolute atomic E-state index is 0.225. The summed E-state index contributed by atoms with van der Waals surface area (Å²) in [5.41, 5.74) is 3.05. The Morgan fingerprint density at radius 3 is 2.64 bits per heavy atom. The molecular weight excluding hydrogens is 376 g/mol. The Morgan fingerprint density at radius 2 is 1.89 bits per heavy atom. The van der Waals surface area contributed by atoms with Crippen molar-refractivity contribution < 1.29 is 19.1 Å². The van der Waals surface area contributed by atoms with Crippen LogP contribution in [0.5, 0.6) is 0 Å². The minimum atomic E-state index is -0.885. The molecule has 1 aromatic heterocycles. The summed E-state index contributed by atoms with van der Waals surface area (Å²) in [5, 5.41) is 3.54. The number of hydrogen-bond acceptors (Lipinski definition) is 6. The maximum atomic E-state index is 12.1. The topological polar surface area (TPSA) is 77.5 Å². The summed E-state index contributed by atoms with van der Waals surface area (Å²) in [6.07, 6.45) is -0.885. The predicted octanol–water partition coefficient (Wildman–Crippen LogP) is 3.37. The van der Waals surface area contributed by atoms with Gasteiger partial charge in [0.25, 0.3) is 5.91 Å². The summed E-state index contributed by atoms with van der Waals surface area (Å²) in [6, 6.07) is 15.6. The highest BCUT2D eigenvalue weighted by molar-refractivity contribution is 7.18. The van der Waals surface area contributed by atoms with Crippen molar-refractivity contribution in [1.29, 1.82) is 0 Å². The molecule has 3 aromatic rings. The van der Waals surface area contributed by atoms with E-state index in [9.17, 15) is 9.59 Å². The van der Waals surface area contributed by atoms with Crippen molar-refractivity contribution in [3.8, 4) is 0 Å². The molecule has 1 atom stereocenters. The van der Waals surface area contributed by atoms with Crippen LogP contribution in [-0.2, 0) is 32.2 Å². The molecule has 6 nitrogen and oxygen atoms in total. The number of carbonyl (C=O) groups is 2. The number of para-hydroxylation sites is 1. The number of esters is 1. The fourth-order valence-corrected chi connectivity index (χ4v) is 3.43. The molecule has 1 heterocycles. The average Bonchev–Trinajstić information content (AvgIpc) is 3.10. The smallest absolute Gasteiger partial charge is 0.332 e. The first kappa shape index (κ1) is 20.0. The third kappa shape index (κ3) is 5.61. The maximum absolute atomic E-state index is 12.1.